The molecule has 0 aromatic carbocycles. The molecule has 0 aliphatic heterocycles. The Hall–Kier alpha value is -0.410. The molecule has 0 amide bonds. The number of carboxylic acid groups (broad SMARTS) is 1. The van der Waals surface area contributed by atoms with E-state index in [9.17, 15) is 62.6 Å². The fourth-order valence-electron chi connectivity index (χ4n) is 1.07. The minimum absolute atomic E-state index is 0. The Morgan fingerprint density at radius 1 is 0.727 bits per heavy atom. The van der Waals surface area contributed by atoms with Gasteiger partial charge in [0, 0.05) is 0 Å². The first-order valence-corrected chi connectivity index (χ1v) is 4.10. The maximum Gasteiger partial charge on any atom is 1.00 e. The zero-order valence-corrected chi connectivity index (χ0v) is 11.8. The van der Waals surface area contributed by atoms with Crippen LogP contribution in [0.25, 0.3) is 0 Å². The first kappa shape index (κ1) is 23.9. The molecule has 0 saturated carbocycles. The molecule has 0 saturated heterocycles. The predicted octanol–water partition coefficient (Wildman–Crippen LogP) is -1.05. The number of halogens is 12. The Morgan fingerprint density at radius 2 is 1.00 bits per heavy atom. The molecule has 0 heterocycles. The van der Waals surface area contributed by atoms with E-state index in [2.05, 4.69) is 0 Å². The Morgan fingerprint density at radius 3 is 1.14 bits per heavy atom. The van der Waals surface area contributed by atoms with Crippen LogP contribution in [0.1, 0.15) is 0 Å². The molecule has 0 N–H and O–H groups in total. The van der Waals surface area contributed by atoms with Crippen LogP contribution in [0.15, 0.2) is 0 Å². The van der Waals surface area contributed by atoms with Crippen molar-refractivity contribution in [3.05, 3.63) is 0 Å². The van der Waals surface area contributed by atoms with Crippen LogP contribution >= 0.6 is 0 Å². The molecule has 0 aliphatic carbocycles. The molecule has 3 nitrogen and oxygen atoms in total. The second kappa shape index (κ2) is 6.24. The molecule has 0 fully saturated rings. The van der Waals surface area contributed by atoms with Crippen LogP contribution < -0.4 is 34.7 Å². The van der Waals surface area contributed by atoms with Gasteiger partial charge in [-0.2, -0.15) is 48.3 Å². The molecule has 0 aliphatic rings. The number of hydrogen-bond acceptors (Lipinski definition) is 3. The summed E-state index contributed by atoms with van der Waals surface area (Å²) in [6.07, 6.45) is -22.3. The molecule has 0 spiro atoms. The van der Waals surface area contributed by atoms with Crippen molar-refractivity contribution >= 4 is 5.97 Å². The van der Waals surface area contributed by atoms with E-state index in [4.69, 9.17) is 0 Å². The van der Waals surface area contributed by atoms with Crippen molar-refractivity contribution in [3.63, 3.8) is 0 Å². The van der Waals surface area contributed by atoms with Gasteiger partial charge < -0.3 is 9.90 Å². The molecule has 0 rings (SSSR count). The number of carbonyl (C=O) groups is 1. The van der Waals surface area contributed by atoms with E-state index in [1.807, 2.05) is 0 Å². The van der Waals surface area contributed by atoms with Crippen molar-refractivity contribution < 1.29 is 92.1 Å². The summed E-state index contributed by atoms with van der Waals surface area (Å²) in [7, 11) is 0. The second-order valence-electron chi connectivity index (χ2n) is 3.25. The fraction of sp³-hybridized carbons (Fsp3) is 0.833. The van der Waals surface area contributed by atoms with Crippen LogP contribution in [0.3, 0.4) is 0 Å². The van der Waals surface area contributed by atoms with Crippen molar-refractivity contribution in [2.24, 2.45) is 0 Å². The van der Waals surface area contributed by atoms with E-state index in [-0.39, 0.29) is 29.6 Å². The van der Waals surface area contributed by atoms with E-state index in [0.29, 0.717) is 0 Å². The topological polar surface area (TPSA) is 43.4 Å². The molecule has 126 valence electrons. The number of carbonyl (C=O) groups excluding carboxylic acids is 1. The van der Waals surface area contributed by atoms with E-state index >= 15 is 0 Å². The third-order valence-electron chi connectivity index (χ3n) is 1.86. The second-order valence-corrected chi connectivity index (χ2v) is 3.25. The van der Waals surface area contributed by atoms with Gasteiger partial charge in [0.05, 0.1) is 0 Å². The van der Waals surface area contributed by atoms with Gasteiger partial charge in [0.25, 0.3) is 0 Å². The Kier molecular flexibility index (Phi) is 6.76. The van der Waals surface area contributed by atoms with E-state index < -0.39 is 41.4 Å². The minimum Gasteiger partial charge on any atom is -0.544 e. The SMILES string of the molecule is O=C([O-])C(F)(F)C(F)(N(C(F)(F)F)C(F)(F)F)C(F)(F)F.[Na+]. The smallest absolute Gasteiger partial charge is 0.544 e. The van der Waals surface area contributed by atoms with Crippen molar-refractivity contribution in [2.45, 2.75) is 30.5 Å². The summed E-state index contributed by atoms with van der Waals surface area (Å²) in [6, 6.07) is 0. The van der Waals surface area contributed by atoms with Gasteiger partial charge in [-0.1, -0.05) is 4.90 Å². The molecule has 0 bridgehead atoms. The van der Waals surface area contributed by atoms with Crippen LogP contribution in [0.2, 0.25) is 0 Å². The van der Waals surface area contributed by atoms with Gasteiger partial charge >= 0.3 is 60.0 Å². The number of alkyl halides is 12. The molecule has 1 unspecified atom stereocenters. The van der Waals surface area contributed by atoms with Crippen molar-refractivity contribution in [2.75, 3.05) is 0 Å². The summed E-state index contributed by atoms with van der Waals surface area (Å²) >= 11 is 0. The summed E-state index contributed by atoms with van der Waals surface area (Å²) in [5.74, 6) is -19.3. The van der Waals surface area contributed by atoms with E-state index in [1.165, 1.54) is 0 Å². The first-order chi connectivity index (χ1) is 8.81. The number of carboxylic acids is 1. The molecule has 1 atom stereocenters. The van der Waals surface area contributed by atoms with Gasteiger partial charge in [-0.3, -0.25) is 0 Å². The van der Waals surface area contributed by atoms with Gasteiger partial charge in [0.1, 0.15) is 5.97 Å². The minimum atomic E-state index is -7.67. The monoisotopic (exact) mass is 369 g/mol. The fourth-order valence-corrected chi connectivity index (χ4v) is 1.07. The zero-order valence-electron chi connectivity index (χ0n) is 9.80. The number of aliphatic carboxylic acids is 1. The molecular formula is C6F12NNaO2. The predicted molar refractivity (Wildman–Crippen MR) is 33.8 cm³/mol. The van der Waals surface area contributed by atoms with Crippen LogP contribution in [0, 0.1) is 0 Å². The molecule has 22 heavy (non-hydrogen) atoms. The molecule has 0 aromatic heterocycles. The molecular weight excluding hydrogens is 369 g/mol. The van der Waals surface area contributed by atoms with Crippen molar-refractivity contribution in [1.29, 1.82) is 0 Å². The zero-order chi connectivity index (χ0) is 17.7. The third kappa shape index (κ3) is 3.91. The quantitative estimate of drug-likeness (QED) is 0.362. The van der Waals surface area contributed by atoms with Gasteiger partial charge in [0.15, 0.2) is 0 Å². The average Bonchev–Trinajstić information content (AvgIpc) is 2.09. The van der Waals surface area contributed by atoms with Crippen molar-refractivity contribution in [1.82, 2.24) is 4.90 Å². The van der Waals surface area contributed by atoms with E-state index in [1.54, 1.807) is 0 Å². The summed E-state index contributed by atoms with van der Waals surface area (Å²) in [5.41, 5.74) is 0. The van der Waals surface area contributed by atoms with Gasteiger partial charge in [-0.25, -0.2) is 4.39 Å². The number of hydrogen-bond donors (Lipinski definition) is 0. The Labute approximate surface area is 134 Å². The molecule has 0 aromatic rings. The third-order valence-corrected chi connectivity index (χ3v) is 1.86. The van der Waals surface area contributed by atoms with Crippen molar-refractivity contribution in [3.8, 4) is 0 Å². The van der Waals surface area contributed by atoms with Gasteiger partial charge in [0.2, 0.25) is 0 Å². The summed E-state index contributed by atoms with van der Waals surface area (Å²) in [6.45, 7) is 0. The van der Waals surface area contributed by atoms with Crippen LogP contribution in [0.5, 0.6) is 0 Å². The van der Waals surface area contributed by atoms with Gasteiger partial charge in [-0.15, -0.1) is 0 Å². The van der Waals surface area contributed by atoms with Gasteiger partial charge in [-0.05, 0) is 0 Å². The van der Waals surface area contributed by atoms with Crippen LogP contribution in [0.4, 0.5) is 52.7 Å². The first-order valence-electron chi connectivity index (χ1n) is 4.10. The maximum atomic E-state index is 13.2. The Bertz CT molecular complexity index is 399. The standard InChI is InChI=1S/C6HF12NO2.Na/c7-2(8,1(20)21)3(9,4(10,11)12)19(5(13,14)15)6(16,17)18;/h(H,20,21);/q;+1/p-1. The van der Waals surface area contributed by atoms with Crippen LogP contribution in [-0.4, -0.2) is 41.4 Å². The molecule has 16 heteroatoms. The average molecular weight is 369 g/mol. The number of rotatable bonds is 3. The Balaban J connectivity index is 0. The van der Waals surface area contributed by atoms with Crippen LogP contribution in [-0.2, 0) is 4.79 Å². The summed E-state index contributed by atoms with van der Waals surface area (Å²) in [4.78, 5) is 5.52. The maximum absolute atomic E-state index is 13.2. The number of nitrogens with zero attached hydrogens (tertiary/aromatic N) is 1. The van der Waals surface area contributed by atoms with E-state index in [0.717, 1.165) is 0 Å². The normalized spacial score (nSPS) is 17.0. The summed E-state index contributed by atoms with van der Waals surface area (Å²) in [5, 5.41) is 9.71. The summed E-state index contributed by atoms with van der Waals surface area (Å²) < 4.78 is 146. The largest absolute Gasteiger partial charge is 1.00 e. The molecule has 0 radical (unpaired) electrons.